The quantitative estimate of drug-likeness (QED) is 0.130. The van der Waals surface area contributed by atoms with Gasteiger partial charge >= 0.3 is 11.9 Å². The molecule has 3 rings (SSSR count). The Morgan fingerprint density at radius 1 is 0.676 bits per heavy atom. The number of hydrogen-bond donors (Lipinski definition) is 0. The first kappa shape index (κ1) is 25.5. The summed E-state index contributed by atoms with van der Waals surface area (Å²) in [6.07, 6.45) is 0.884. The average molecular weight is 497 g/mol. The molecule has 0 amide bonds. The number of hydrogen-bond acceptors (Lipinski definition) is 4. The van der Waals surface area contributed by atoms with Crippen molar-refractivity contribution in [3.05, 3.63) is 95.6 Å². The molecule has 0 N–H and O–H groups in total. The molecule has 0 fully saturated rings. The maximum Gasteiger partial charge on any atom is 0.312 e. The van der Waals surface area contributed by atoms with Gasteiger partial charge in [-0.05, 0) is 29.7 Å². The second-order valence-electron chi connectivity index (χ2n) is 7.39. The number of benzene rings is 3. The first-order chi connectivity index (χ1) is 16.6. The molecule has 0 aliphatic carbocycles. The molecule has 4 nitrogen and oxygen atoms in total. The first-order valence-electron chi connectivity index (χ1n) is 11.1. The maximum atomic E-state index is 12.3. The highest BCUT2D eigenvalue weighted by Gasteiger charge is 2.22. The molecule has 0 aromatic heterocycles. The third-order valence-corrected chi connectivity index (χ3v) is 5.51. The molecule has 0 radical (unpaired) electrons. The van der Waals surface area contributed by atoms with Crippen LogP contribution in [0.15, 0.2) is 78.9 Å². The number of carbonyl (C=O) groups excluding carboxylic acids is 2. The van der Waals surface area contributed by atoms with Crippen LogP contribution in [0, 0.1) is 0 Å². The molecule has 6 heteroatoms. The van der Waals surface area contributed by atoms with Crippen LogP contribution < -0.4 is 9.47 Å². The fourth-order valence-electron chi connectivity index (χ4n) is 3.66. The molecule has 0 unspecified atom stereocenters. The number of halogens is 2. The summed E-state index contributed by atoms with van der Waals surface area (Å²) >= 11 is 11.5. The molecule has 0 spiro atoms. The minimum Gasteiger partial charge on any atom is -0.426 e. The Bertz CT molecular complexity index is 1090. The van der Waals surface area contributed by atoms with Crippen molar-refractivity contribution in [2.45, 2.75) is 26.2 Å². The second-order valence-corrected chi connectivity index (χ2v) is 8.15. The van der Waals surface area contributed by atoms with Crippen LogP contribution in [0.25, 0.3) is 11.1 Å². The van der Waals surface area contributed by atoms with Crippen molar-refractivity contribution in [3.8, 4) is 11.5 Å². The van der Waals surface area contributed by atoms with Gasteiger partial charge in [-0.1, -0.05) is 73.7 Å². The predicted octanol–water partition coefficient (Wildman–Crippen LogP) is 7.12. The fourth-order valence-corrected chi connectivity index (χ4v) is 3.97. The summed E-state index contributed by atoms with van der Waals surface area (Å²) in [6.45, 7) is 2.06. The van der Waals surface area contributed by atoms with Crippen LogP contribution in [0.2, 0.25) is 0 Å². The van der Waals surface area contributed by atoms with Gasteiger partial charge in [0.25, 0.3) is 0 Å². The van der Waals surface area contributed by atoms with Gasteiger partial charge in [0.2, 0.25) is 0 Å². The number of rotatable bonds is 10. The number of alkyl halides is 2. The van der Waals surface area contributed by atoms with Crippen LogP contribution in [-0.4, -0.2) is 23.7 Å². The highest BCUT2D eigenvalue weighted by Crippen LogP contribution is 2.42. The van der Waals surface area contributed by atoms with E-state index in [0.717, 1.165) is 16.7 Å². The Kier molecular flexibility index (Phi) is 9.75. The Morgan fingerprint density at radius 3 is 1.56 bits per heavy atom. The van der Waals surface area contributed by atoms with Crippen LogP contribution in [-0.2, 0) is 9.59 Å². The van der Waals surface area contributed by atoms with E-state index in [9.17, 15) is 9.59 Å². The average Bonchev–Trinajstić information content (AvgIpc) is 2.84. The first-order valence-corrected chi connectivity index (χ1v) is 12.2. The van der Waals surface area contributed by atoms with Gasteiger partial charge in [-0.2, -0.15) is 0 Å². The molecule has 0 saturated heterocycles. The van der Waals surface area contributed by atoms with Gasteiger partial charge < -0.3 is 9.47 Å². The SMILES string of the molecule is CCC(=C(c1ccccc1OC(=O)CCCl)c1ccccc1OC(=O)CCCl)c1ccccc1. The maximum absolute atomic E-state index is 12.3. The van der Waals surface area contributed by atoms with Gasteiger partial charge in [0, 0.05) is 28.5 Å². The van der Waals surface area contributed by atoms with Crippen molar-refractivity contribution in [2.24, 2.45) is 0 Å². The summed E-state index contributed by atoms with van der Waals surface area (Å²) in [4.78, 5) is 24.6. The van der Waals surface area contributed by atoms with E-state index in [4.69, 9.17) is 32.7 Å². The van der Waals surface area contributed by atoms with Gasteiger partial charge in [0.15, 0.2) is 0 Å². The van der Waals surface area contributed by atoms with Gasteiger partial charge in [0.1, 0.15) is 11.5 Å². The lowest BCUT2D eigenvalue weighted by Crippen LogP contribution is -2.11. The van der Waals surface area contributed by atoms with Crippen LogP contribution in [0.4, 0.5) is 0 Å². The number of para-hydroxylation sites is 2. The molecule has 0 saturated carbocycles. The lowest BCUT2D eigenvalue weighted by atomic mass is 9.87. The summed E-state index contributed by atoms with van der Waals surface area (Å²) in [5, 5.41) is 0. The van der Waals surface area contributed by atoms with Crippen molar-refractivity contribution in [1.82, 2.24) is 0 Å². The zero-order valence-corrected chi connectivity index (χ0v) is 20.4. The molecule has 3 aromatic carbocycles. The van der Waals surface area contributed by atoms with Crippen LogP contribution in [0.5, 0.6) is 11.5 Å². The van der Waals surface area contributed by atoms with E-state index < -0.39 is 11.9 Å². The minimum atomic E-state index is -0.415. The van der Waals surface area contributed by atoms with E-state index in [0.29, 0.717) is 29.0 Å². The van der Waals surface area contributed by atoms with Gasteiger partial charge in [-0.3, -0.25) is 9.59 Å². The summed E-state index contributed by atoms with van der Waals surface area (Å²) in [5.74, 6) is 0.344. The zero-order valence-electron chi connectivity index (χ0n) is 18.9. The molecular weight excluding hydrogens is 471 g/mol. The topological polar surface area (TPSA) is 52.6 Å². The fraction of sp³-hybridized carbons (Fsp3) is 0.214. The summed E-state index contributed by atoms with van der Waals surface area (Å²) in [7, 11) is 0. The van der Waals surface area contributed by atoms with Crippen molar-refractivity contribution in [2.75, 3.05) is 11.8 Å². The number of ether oxygens (including phenoxy) is 2. The molecule has 0 aliphatic rings. The van der Waals surface area contributed by atoms with E-state index in [2.05, 4.69) is 6.92 Å². The molecule has 3 aromatic rings. The normalized spacial score (nSPS) is 10.4. The second kappa shape index (κ2) is 13.0. The largest absolute Gasteiger partial charge is 0.426 e. The molecule has 0 bridgehead atoms. The van der Waals surface area contributed by atoms with Crippen molar-refractivity contribution < 1.29 is 19.1 Å². The third kappa shape index (κ3) is 6.49. The van der Waals surface area contributed by atoms with Crippen LogP contribution >= 0.6 is 23.2 Å². The van der Waals surface area contributed by atoms with E-state index >= 15 is 0 Å². The summed E-state index contributed by atoms with van der Waals surface area (Å²) in [6, 6.07) is 24.7. The minimum absolute atomic E-state index is 0.0981. The molecule has 0 atom stereocenters. The highest BCUT2D eigenvalue weighted by atomic mass is 35.5. The number of allylic oxidation sites excluding steroid dienone is 1. The number of carbonyl (C=O) groups is 2. The molecule has 176 valence electrons. The van der Waals surface area contributed by atoms with Crippen molar-refractivity contribution >= 4 is 46.3 Å². The lowest BCUT2D eigenvalue weighted by Gasteiger charge is -2.20. The van der Waals surface area contributed by atoms with Crippen molar-refractivity contribution in [1.29, 1.82) is 0 Å². The van der Waals surface area contributed by atoms with Gasteiger partial charge in [0.05, 0.1) is 12.8 Å². The van der Waals surface area contributed by atoms with E-state index in [1.807, 2.05) is 66.7 Å². The molecular formula is C28H26Cl2O4. The van der Waals surface area contributed by atoms with Crippen molar-refractivity contribution in [3.63, 3.8) is 0 Å². The van der Waals surface area contributed by atoms with Gasteiger partial charge in [-0.25, -0.2) is 0 Å². The van der Waals surface area contributed by atoms with Crippen LogP contribution in [0.1, 0.15) is 42.9 Å². The Labute approximate surface area is 210 Å². The Hall–Kier alpha value is -3.08. The van der Waals surface area contributed by atoms with E-state index in [-0.39, 0.29) is 24.6 Å². The zero-order chi connectivity index (χ0) is 24.3. The standard InChI is InChI=1S/C28H26Cl2O4/c1-2-21(20-10-4-3-5-11-20)28(22-12-6-8-14-24(22)33-26(31)16-18-29)23-13-7-9-15-25(23)34-27(32)17-19-30/h3-15H,2,16-19H2,1H3. The summed E-state index contributed by atoms with van der Waals surface area (Å²) in [5.41, 5.74) is 4.28. The lowest BCUT2D eigenvalue weighted by molar-refractivity contribution is -0.134. The monoisotopic (exact) mass is 496 g/mol. The van der Waals surface area contributed by atoms with Gasteiger partial charge in [-0.15, -0.1) is 23.2 Å². The Balaban J connectivity index is 2.27. The predicted molar refractivity (Wildman–Crippen MR) is 137 cm³/mol. The molecule has 34 heavy (non-hydrogen) atoms. The molecule has 0 heterocycles. The smallest absolute Gasteiger partial charge is 0.312 e. The summed E-state index contributed by atoms with van der Waals surface area (Å²) < 4.78 is 11.4. The Morgan fingerprint density at radius 2 is 1.12 bits per heavy atom. The molecule has 0 aliphatic heterocycles. The van der Waals surface area contributed by atoms with Crippen LogP contribution in [0.3, 0.4) is 0 Å². The van der Waals surface area contributed by atoms with E-state index in [1.165, 1.54) is 0 Å². The number of esters is 2. The third-order valence-electron chi connectivity index (χ3n) is 5.14. The highest BCUT2D eigenvalue weighted by molar-refractivity contribution is 6.19. The van der Waals surface area contributed by atoms with E-state index in [1.54, 1.807) is 12.1 Å².